The lowest BCUT2D eigenvalue weighted by atomic mass is 10.1. The van der Waals surface area contributed by atoms with Crippen LogP contribution >= 0.6 is 0 Å². The summed E-state index contributed by atoms with van der Waals surface area (Å²) in [6, 6.07) is 1.89. The Labute approximate surface area is 132 Å². The van der Waals surface area contributed by atoms with Gasteiger partial charge in [0.2, 0.25) is 0 Å². The summed E-state index contributed by atoms with van der Waals surface area (Å²) in [7, 11) is 1.46. The van der Waals surface area contributed by atoms with Crippen LogP contribution in [0.25, 0.3) is 0 Å². The van der Waals surface area contributed by atoms with Gasteiger partial charge in [-0.1, -0.05) is 19.6 Å². The molecule has 0 fully saturated rings. The molecule has 1 unspecified atom stereocenters. The number of hydrogen-bond acceptors (Lipinski definition) is 6. The Morgan fingerprint density at radius 3 is 2.41 bits per heavy atom. The average molecular weight is 330 g/mol. The highest BCUT2D eigenvalue weighted by atomic mass is 28.3. The Morgan fingerprint density at radius 2 is 1.95 bits per heavy atom. The van der Waals surface area contributed by atoms with Gasteiger partial charge in [-0.05, 0) is 6.07 Å². The van der Waals surface area contributed by atoms with E-state index in [0.29, 0.717) is 18.8 Å². The quantitative estimate of drug-likeness (QED) is 0.298. The maximum absolute atomic E-state index is 11.5. The van der Waals surface area contributed by atoms with Gasteiger partial charge in [-0.15, -0.1) is 0 Å². The minimum Gasteiger partial charge on any atom is -0.474 e. The van der Waals surface area contributed by atoms with Gasteiger partial charge in [-0.25, -0.2) is 0 Å². The Balaban J connectivity index is 3.02. The zero-order valence-corrected chi connectivity index (χ0v) is 15.2. The highest BCUT2D eigenvalue weighted by molar-refractivity contribution is 6.87. The van der Waals surface area contributed by atoms with Crippen LogP contribution < -0.4 is 5.38 Å². The van der Waals surface area contributed by atoms with Crippen molar-refractivity contribution in [2.75, 3.05) is 34.0 Å². The minimum atomic E-state index is -1.61. The van der Waals surface area contributed by atoms with E-state index in [1.54, 1.807) is 13.4 Å². The molecule has 1 rings (SSSR count). The van der Waals surface area contributed by atoms with Gasteiger partial charge >= 0.3 is 5.97 Å². The first-order chi connectivity index (χ1) is 10.2. The molecular weight excluding hydrogens is 304 g/mol. The molecule has 0 aliphatic rings. The summed E-state index contributed by atoms with van der Waals surface area (Å²) in [5.41, 5.74) is 0.639. The van der Waals surface area contributed by atoms with E-state index in [4.69, 9.17) is 23.4 Å². The Kier molecular flexibility index (Phi) is 6.80. The van der Waals surface area contributed by atoms with Crippen molar-refractivity contribution in [2.24, 2.45) is 0 Å². The number of hydrogen-bond donors (Lipinski definition) is 0. The predicted octanol–water partition coefficient (Wildman–Crippen LogP) is 1.85. The van der Waals surface area contributed by atoms with Crippen molar-refractivity contribution >= 4 is 19.4 Å². The van der Waals surface area contributed by atoms with Crippen LogP contribution in [-0.2, 0) is 29.5 Å². The van der Waals surface area contributed by atoms with Crippen molar-refractivity contribution < 1.29 is 28.2 Å². The summed E-state index contributed by atoms with van der Waals surface area (Å²) >= 11 is 0. The van der Waals surface area contributed by atoms with Crippen molar-refractivity contribution in [3.05, 3.63) is 17.9 Å². The molecule has 0 amide bonds. The summed E-state index contributed by atoms with van der Waals surface area (Å²) in [5.74, 6) is -1.76. The van der Waals surface area contributed by atoms with Crippen LogP contribution in [0.4, 0.5) is 0 Å². The Hall–Kier alpha value is -1.15. The van der Waals surface area contributed by atoms with Crippen LogP contribution in [0.5, 0.6) is 0 Å². The third-order valence-electron chi connectivity index (χ3n) is 3.14. The molecule has 1 atom stereocenters. The van der Waals surface area contributed by atoms with Crippen molar-refractivity contribution in [3.8, 4) is 0 Å². The van der Waals surface area contributed by atoms with Crippen LogP contribution in [0.2, 0.25) is 19.6 Å². The number of carbonyl (C=O) groups excluding carboxylic acids is 1. The lowest BCUT2D eigenvalue weighted by Crippen LogP contribution is -2.40. The molecule has 0 saturated heterocycles. The summed E-state index contributed by atoms with van der Waals surface area (Å²) in [5, 5.41) is 0.910. The summed E-state index contributed by atoms with van der Waals surface area (Å²) < 4.78 is 27.0. The normalized spacial score (nSPS) is 14.6. The SMILES string of the molecule is COCCOCC(OC)(OC(C)=O)c1coc([Si](C)(C)C)c1. The number of esters is 1. The summed E-state index contributed by atoms with van der Waals surface area (Å²) in [4.78, 5) is 11.5. The molecule has 7 heteroatoms. The summed E-state index contributed by atoms with van der Waals surface area (Å²) in [6.45, 7) is 8.74. The van der Waals surface area contributed by atoms with Crippen molar-refractivity contribution in [1.29, 1.82) is 0 Å². The number of rotatable bonds is 9. The van der Waals surface area contributed by atoms with Gasteiger partial charge in [0.1, 0.15) is 14.7 Å². The second-order valence-electron chi connectivity index (χ2n) is 6.05. The smallest absolute Gasteiger partial charge is 0.305 e. The molecule has 126 valence electrons. The molecule has 1 aromatic rings. The number of methoxy groups -OCH3 is 2. The van der Waals surface area contributed by atoms with Gasteiger partial charge in [0, 0.05) is 21.1 Å². The molecule has 6 nitrogen and oxygen atoms in total. The van der Waals surface area contributed by atoms with E-state index in [-0.39, 0.29) is 6.61 Å². The second kappa shape index (κ2) is 7.91. The van der Waals surface area contributed by atoms with Gasteiger partial charge in [-0.3, -0.25) is 4.79 Å². The van der Waals surface area contributed by atoms with Crippen LogP contribution in [0.15, 0.2) is 16.7 Å². The fraction of sp³-hybridized carbons (Fsp3) is 0.667. The zero-order valence-electron chi connectivity index (χ0n) is 14.2. The van der Waals surface area contributed by atoms with Gasteiger partial charge in [0.25, 0.3) is 5.79 Å². The zero-order chi connectivity index (χ0) is 16.8. The number of furan rings is 1. The monoisotopic (exact) mass is 330 g/mol. The standard InChI is InChI=1S/C15H26O6Si/c1-12(16)21-15(18-3,11-19-8-7-17-2)13-9-14(20-10-13)22(4,5)6/h9-10H,7-8,11H2,1-6H3. The van der Waals surface area contributed by atoms with E-state index in [2.05, 4.69) is 19.6 Å². The molecule has 0 N–H and O–H groups in total. The van der Waals surface area contributed by atoms with Crippen molar-refractivity contribution in [1.82, 2.24) is 0 Å². The van der Waals surface area contributed by atoms with E-state index in [1.165, 1.54) is 14.0 Å². The molecule has 0 saturated carbocycles. The topological polar surface area (TPSA) is 67.1 Å². The lowest BCUT2D eigenvalue weighted by Gasteiger charge is -2.30. The molecule has 1 heterocycles. The third-order valence-corrected chi connectivity index (χ3v) is 4.88. The maximum Gasteiger partial charge on any atom is 0.305 e. The molecule has 0 aromatic carbocycles. The fourth-order valence-corrected chi connectivity index (χ4v) is 2.90. The van der Waals surface area contributed by atoms with Gasteiger partial charge in [0.15, 0.2) is 0 Å². The van der Waals surface area contributed by atoms with Gasteiger partial charge < -0.3 is 23.4 Å². The molecule has 0 aliphatic heterocycles. The molecular formula is C15H26O6Si. The van der Waals surface area contributed by atoms with E-state index < -0.39 is 19.8 Å². The van der Waals surface area contributed by atoms with Crippen LogP contribution in [0.3, 0.4) is 0 Å². The van der Waals surface area contributed by atoms with E-state index >= 15 is 0 Å². The third kappa shape index (κ3) is 4.94. The molecule has 0 bridgehead atoms. The Morgan fingerprint density at radius 1 is 1.27 bits per heavy atom. The maximum atomic E-state index is 11.5. The molecule has 0 spiro atoms. The molecule has 1 aromatic heterocycles. The highest BCUT2D eigenvalue weighted by Crippen LogP contribution is 2.28. The first-order valence-corrected chi connectivity index (χ1v) is 10.7. The second-order valence-corrected chi connectivity index (χ2v) is 11.0. The molecule has 22 heavy (non-hydrogen) atoms. The fourth-order valence-electron chi connectivity index (χ4n) is 1.90. The van der Waals surface area contributed by atoms with E-state index in [0.717, 1.165) is 5.38 Å². The minimum absolute atomic E-state index is 0.0666. The number of carbonyl (C=O) groups is 1. The highest BCUT2D eigenvalue weighted by Gasteiger charge is 2.39. The average Bonchev–Trinajstić information content (AvgIpc) is 2.92. The first-order valence-electron chi connectivity index (χ1n) is 7.16. The van der Waals surface area contributed by atoms with Gasteiger partial charge in [0.05, 0.1) is 30.4 Å². The predicted molar refractivity (Wildman–Crippen MR) is 84.8 cm³/mol. The van der Waals surface area contributed by atoms with Crippen LogP contribution in [-0.4, -0.2) is 48.1 Å². The van der Waals surface area contributed by atoms with E-state index in [9.17, 15) is 4.79 Å². The first kappa shape index (κ1) is 18.9. The van der Waals surface area contributed by atoms with Crippen LogP contribution in [0, 0.1) is 0 Å². The molecule has 0 aliphatic carbocycles. The molecule has 0 radical (unpaired) electrons. The van der Waals surface area contributed by atoms with Crippen molar-refractivity contribution in [2.45, 2.75) is 32.4 Å². The summed E-state index contributed by atoms with van der Waals surface area (Å²) in [6.07, 6.45) is 1.57. The largest absolute Gasteiger partial charge is 0.474 e. The lowest BCUT2D eigenvalue weighted by molar-refractivity contribution is -0.248. The van der Waals surface area contributed by atoms with Crippen molar-refractivity contribution in [3.63, 3.8) is 0 Å². The number of ether oxygens (including phenoxy) is 4. The van der Waals surface area contributed by atoms with Gasteiger partial charge in [-0.2, -0.15) is 0 Å². The van der Waals surface area contributed by atoms with E-state index in [1.807, 2.05) is 6.07 Å². The van der Waals surface area contributed by atoms with Crippen LogP contribution in [0.1, 0.15) is 12.5 Å². The Bertz CT molecular complexity index is 479.